The van der Waals surface area contributed by atoms with Crippen LogP contribution in [0.3, 0.4) is 0 Å². The molecular formula is C15H28N2O2. The Morgan fingerprint density at radius 2 is 2.32 bits per heavy atom. The van der Waals surface area contributed by atoms with Crippen molar-refractivity contribution in [1.29, 1.82) is 0 Å². The van der Waals surface area contributed by atoms with E-state index >= 15 is 0 Å². The SMILES string of the molecule is CCC1(C(=O)NCCC2CCCCO2)CCCNC1. The molecule has 0 aliphatic carbocycles. The molecule has 0 bridgehead atoms. The molecule has 2 fully saturated rings. The minimum atomic E-state index is -0.175. The molecule has 2 atom stereocenters. The summed E-state index contributed by atoms with van der Waals surface area (Å²) >= 11 is 0. The number of rotatable bonds is 5. The van der Waals surface area contributed by atoms with Crippen molar-refractivity contribution in [2.45, 2.75) is 58.0 Å². The predicted molar refractivity (Wildman–Crippen MR) is 76.0 cm³/mol. The van der Waals surface area contributed by atoms with Crippen LogP contribution in [0.2, 0.25) is 0 Å². The molecular weight excluding hydrogens is 240 g/mol. The zero-order chi connectivity index (χ0) is 13.6. The molecule has 2 rings (SSSR count). The standard InChI is InChI=1S/C15H28N2O2/c1-2-15(8-5-9-16-12-15)14(18)17-10-7-13-6-3-4-11-19-13/h13,16H,2-12H2,1H3,(H,17,18). The smallest absolute Gasteiger partial charge is 0.227 e. The molecule has 0 aromatic carbocycles. The summed E-state index contributed by atoms with van der Waals surface area (Å²) < 4.78 is 5.69. The van der Waals surface area contributed by atoms with Crippen molar-refractivity contribution in [1.82, 2.24) is 10.6 Å². The highest BCUT2D eigenvalue weighted by Crippen LogP contribution is 2.30. The first kappa shape index (κ1) is 14.8. The summed E-state index contributed by atoms with van der Waals surface area (Å²) in [6, 6.07) is 0. The van der Waals surface area contributed by atoms with Crippen LogP contribution in [-0.2, 0) is 9.53 Å². The maximum absolute atomic E-state index is 12.4. The van der Waals surface area contributed by atoms with Crippen molar-refractivity contribution in [3.8, 4) is 0 Å². The van der Waals surface area contributed by atoms with Gasteiger partial charge in [-0.15, -0.1) is 0 Å². The molecule has 110 valence electrons. The van der Waals surface area contributed by atoms with E-state index in [4.69, 9.17) is 4.74 Å². The van der Waals surface area contributed by atoms with Crippen LogP contribution >= 0.6 is 0 Å². The molecule has 2 aliphatic rings. The number of piperidine rings is 1. The summed E-state index contributed by atoms with van der Waals surface area (Å²) in [6.07, 6.45) is 7.96. The minimum absolute atomic E-state index is 0.175. The van der Waals surface area contributed by atoms with Gasteiger partial charge in [-0.3, -0.25) is 4.79 Å². The van der Waals surface area contributed by atoms with E-state index in [9.17, 15) is 4.79 Å². The first-order valence-corrected chi connectivity index (χ1v) is 7.87. The van der Waals surface area contributed by atoms with Crippen molar-refractivity contribution in [3.63, 3.8) is 0 Å². The molecule has 0 aromatic rings. The van der Waals surface area contributed by atoms with Crippen LogP contribution < -0.4 is 10.6 Å². The van der Waals surface area contributed by atoms with Crippen LogP contribution in [0.15, 0.2) is 0 Å². The Morgan fingerprint density at radius 1 is 1.42 bits per heavy atom. The summed E-state index contributed by atoms with van der Waals surface area (Å²) in [5.41, 5.74) is -0.175. The lowest BCUT2D eigenvalue weighted by atomic mass is 9.77. The van der Waals surface area contributed by atoms with Crippen LogP contribution in [0.5, 0.6) is 0 Å². The largest absolute Gasteiger partial charge is 0.378 e. The van der Waals surface area contributed by atoms with Crippen molar-refractivity contribution in [3.05, 3.63) is 0 Å². The normalized spacial score (nSPS) is 31.9. The molecule has 4 heteroatoms. The van der Waals surface area contributed by atoms with Gasteiger partial charge in [0, 0.05) is 19.7 Å². The number of ether oxygens (including phenoxy) is 1. The maximum Gasteiger partial charge on any atom is 0.227 e. The number of carbonyl (C=O) groups excluding carboxylic acids is 1. The molecule has 0 aromatic heterocycles. The van der Waals surface area contributed by atoms with Crippen LogP contribution in [0.4, 0.5) is 0 Å². The Kier molecular flexibility index (Phi) is 5.64. The molecule has 2 saturated heterocycles. The third-order valence-electron chi connectivity index (χ3n) is 4.66. The zero-order valence-corrected chi connectivity index (χ0v) is 12.2. The van der Waals surface area contributed by atoms with E-state index in [0.717, 1.165) is 58.3 Å². The Labute approximate surface area is 116 Å². The van der Waals surface area contributed by atoms with E-state index in [1.54, 1.807) is 0 Å². The van der Waals surface area contributed by atoms with E-state index in [-0.39, 0.29) is 11.3 Å². The highest BCUT2D eigenvalue weighted by atomic mass is 16.5. The van der Waals surface area contributed by atoms with Gasteiger partial charge in [0.2, 0.25) is 5.91 Å². The van der Waals surface area contributed by atoms with E-state index in [2.05, 4.69) is 17.6 Å². The maximum atomic E-state index is 12.4. The lowest BCUT2D eigenvalue weighted by Gasteiger charge is -2.35. The molecule has 2 N–H and O–H groups in total. The topological polar surface area (TPSA) is 50.4 Å². The summed E-state index contributed by atoms with van der Waals surface area (Å²) in [5.74, 6) is 0.234. The average Bonchev–Trinajstić information content (AvgIpc) is 2.49. The third-order valence-corrected chi connectivity index (χ3v) is 4.66. The fourth-order valence-electron chi connectivity index (χ4n) is 3.19. The lowest BCUT2D eigenvalue weighted by molar-refractivity contribution is -0.132. The highest BCUT2D eigenvalue weighted by Gasteiger charge is 2.37. The lowest BCUT2D eigenvalue weighted by Crippen LogP contribution is -2.50. The monoisotopic (exact) mass is 268 g/mol. The van der Waals surface area contributed by atoms with Crippen molar-refractivity contribution in [2.75, 3.05) is 26.2 Å². The summed E-state index contributed by atoms with van der Waals surface area (Å²) in [5, 5.41) is 6.49. The number of carbonyl (C=O) groups is 1. The summed E-state index contributed by atoms with van der Waals surface area (Å²) in [4.78, 5) is 12.4. The van der Waals surface area contributed by atoms with Crippen molar-refractivity contribution in [2.24, 2.45) is 5.41 Å². The fraction of sp³-hybridized carbons (Fsp3) is 0.933. The molecule has 0 saturated carbocycles. The first-order valence-electron chi connectivity index (χ1n) is 7.87. The Morgan fingerprint density at radius 3 is 2.95 bits per heavy atom. The van der Waals surface area contributed by atoms with Gasteiger partial charge < -0.3 is 15.4 Å². The van der Waals surface area contributed by atoms with Crippen molar-refractivity contribution >= 4 is 5.91 Å². The predicted octanol–water partition coefficient (Wildman–Crippen LogP) is 1.84. The minimum Gasteiger partial charge on any atom is -0.378 e. The van der Waals surface area contributed by atoms with Crippen LogP contribution in [-0.4, -0.2) is 38.3 Å². The summed E-state index contributed by atoms with van der Waals surface area (Å²) in [7, 11) is 0. The number of amides is 1. The highest BCUT2D eigenvalue weighted by molar-refractivity contribution is 5.83. The van der Waals surface area contributed by atoms with Gasteiger partial charge >= 0.3 is 0 Å². The second-order valence-corrected chi connectivity index (χ2v) is 5.95. The Hall–Kier alpha value is -0.610. The van der Waals surface area contributed by atoms with E-state index in [0.29, 0.717) is 6.10 Å². The quantitative estimate of drug-likeness (QED) is 0.800. The van der Waals surface area contributed by atoms with Gasteiger partial charge in [0.05, 0.1) is 11.5 Å². The van der Waals surface area contributed by atoms with Gasteiger partial charge in [-0.25, -0.2) is 0 Å². The Bertz CT molecular complexity index is 282. The van der Waals surface area contributed by atoms with Crippen LogP contribution in [0.25, 0.3) is 0 Å². The van der Waals surface area contributed by atoms with Crippen LogP contribution in [0.1, 0.15) is 51.9 Å². The van der Waals surface area contributed by atoms with E-state index < -0.39 is 0 Å². The van der Waals surface area contributed by atoms with Crippen LogP contribution in [0, 0.1) is 5.41 Å². The third kappa shape index (κ3) is 3.93. The molecule has 0 radical (unpaired) electrons. The molecule has 2 heterocycles. The zero-order valence-electron chi connectivity index (χ0n) is 12.2. The number of hydrogen-bond donors (Lipinski definition) is 2. The van der Waals surface area contributed by atoms with E-state index in [1.807, 2.05) is 0 Å². The number of hydrogen-bond acceptors (Lipinski definition) is 3. The van der Waals surface area contributed by atoms with Gasteiger partial charge in [-0.1, -0.05) is 6.92 Å². The van der Waals surface area contributed by atoms with Gasteiger partial charge in [-0.2, -0.15) is 0 Å². The molecule has 4 nitrogen and oxygen atoms in total. The second-order valence-electron chi connectivity index (χ2n) is 5.95. The van der Waals surface area contributed by atoms with Gasteiger partial charge in [-0.05, 0) is 51.5 Å². The van der Waals surface area contributed by atoms with Gasteiger partial charge in [0.15, 0.2) is 0 Å². The summed E-state index contributed by atoms with van der Waals surface area (Å²) in [6.45, 7) is 5.64. The van der Waals surface area contributed by atoms with E-state index in [1.165, 1.54) is 12.8 Å². The second kappa shape index (κ2) is 7.25. The molecule has 19 heavy (non-hydrogen) atoms. The fourth-order valence-corrected chi connectivity index (χ4v) is 3.19. The van der Waals surface area contributed by atoms with Gasteiger partial charge in [0.25, 0.3) is 0 Å². The van der Waals surface area contributed by atoms with Crippen molar-refractivity contribution < 1.29 is 9.53 Å². The molecule has 0 spiro atoms. The Balaban J connectivity index is 1.73. The molecule has 2 unspecified atom stereocenters. The molecule has 2 aliphatic heterocycles. The average molecular weight is 268 g/mol. The number of nitrogens with one attached hydrogen (secondary N) is 2. The van der Waals surface area contributed by atoms with Gasteiger partial charge in [0.1, 0.15) is 0 Å². The first-order chi connectivity index (χ1) is 9.27. The molecule has 1 amide bonds.